The van der Waals surface area contributed by atoms with Crippen LogP contribution in [-0.4, -0.2) is 18.8 Å². The minimum absolute atomic E-state index is 0.415. The van der Waals surface area contributed by atoms with E-state index in [1.807, 2.05) is 0 Å². The van der Waals surface area contributed by atoms with E-state index in [2.05, 4.69) is 19.3 Å². The van der Waals surface area contributed by atoms with E-state index in [9.17, 15) is 0 Å². The Morgan fingerprint density at radius 1 is 1.43 bits per heavy atom. The fourth-order valence-electron chi connectivity index (χ4n) is 2.11. The second-order valence-corrected chi connectivity index (χ2v) is 4.72. The maximum absolute atomic E-state index is 5.70. The molecule has 1 saturated heterocycles. The standard InChI is InChI=1S/C11H24N2O/c1-9(2)7-10(13-12)8-11-5-3-4-6-14-11/h9-11,13H,3-8,12H2,1-2H3. The van der Waals surface area contributed by atoms with Crippen molar-refractivity contribution >= 4 is 0 Å². The van der Waals surface area contributed by atoms with Crippen molar-refractivity contribution in [3.05, 3.63) is 0 Å². The first-order valence-electron chi connectivity index (χ1n) is 5.80. The van der Waals surface area contributed by atoms with Crippen molar-refractivity contribution < 1.29 is 4.74 Å². The average molecular weight is 200 g/mol. The molecule has 1 rings (SSSR count). The summed E-state index contributed by atoms with van der Waals surface area (Å²) < 4.78 is 5.70. The lowest BCUT2D eigenvalue weighted by molar-refractivity contribution is 0.00399. The van der Waals surface area contributed by atoms with E-state index in [0.29, 0.717) is 18.1 Å². The maximum Gasteiger partial charge on any atom is 0.0590 e. The zero-order valence-corrected chi connectivity index (χ0v) is 9.46. The van der Waals surface area contributed by atoms with Crippen LogP contribution in [0.1, 0.15) is 46.0 Å². The molecule has 0 aliphatic carbocycles. The van der Waals surface area contributed by atoms with Crippen molar-refractivity contribution in [1.29, 1.82) is 0 Å². The van der Waals surface area contributed by atoms with Gasteiger partial charge in [0, 0.05) is 12.6 Å². The lowest BCUT2D eigenvalue weighted by atomic mass is 9.96. The summed E-state index contributed by atoms with van der Waals surface area (Å²) in [5.41, 5.74) is 2.90. The van der Waals surface area contributed by atoms with Crippen molar-refractivity contribution in [3.63, 3.8) is 0 Å². The van der Waals surface area contributed by atoms with Crippen molar-refractivity contribution in [2.45, 2.75) is 58.1 Å². The Morgan fingerprint density at radius 2 is 2.21 bits per heavy atom. The van der Waals surface area contributed by atoms with Crippen LogP contribution in [0.25, 0.3) is 0 Å². The summed E-state index contributed by atoms with van der Waals surface area (Å²) in [6.07, 6.45) is 6.37. The lowest BCUT2D eigenvalue weighted by Gasteiger charge is -2.27. The van der Waals surface area contributed by atoms with Gasteiger partial charge in [0.15, 0.2) is 0 Å². The minimum atomic E-state index is 0.415. The summed E-state index contributed by atoms with van der Waals surface area (Å²) in [6.45, 7) is 5.39. The van der Waals surface area contributed by atoms with E-state index in [4.69, 9.17) is 10.6 Å². The molecule has 14 heavy (non-hydrogen) atoms. The van der Waals surface area contributed by atoms with Gasteiger partial charge in [-0.1, -0.05) is 13.8 Å². The number of nitrogens with one attached hydrogen (secondary N) is 1. The molecule has 84 valence electrons. The number of rotatable bonds is 5. The quantitative estimate of drug-likeness (QED) is 0.526. The molecule has 2 unspecified atom stereocenters. The molecule has 0 amide bonds. The van der Waals surface area contributed by atoms with Crippen LogP contribution in [0.2, 0.25) is 0 Å². The second-order valence-electron chi connectivity index (χ2n) is 4.72. The van der Waals surface area contributed by atoms with Gasteiger partial charge >= 0.3 is 0 Å². The smallest absolute Gasteiger partial charge is 0.0590 e. The zero-order valence-electron chi connectivity index (χ0n) is 9.46. The third-order valence-corrected chi connectivity index (χ3v) is 2.81. The predicted molar refractivity (Wildman–Crippen MR) is 58.8 cm³/mol. The molecule has 0 aromatic rings. The highest BCUT2D eigenvalue weighted by Crippen LogP contribution is 2.19. The number of hydrazine groups is 1. The van der Waals surface area contributed by atoms with E-state index in [1.165, 1.54) is 19.3 Å². The van der Waals surface area contributed by atoms with E-state index >= 15 is 0 Å². The van der Waals surface area contributed by atoms with Crippen LogP contribution in [0.5, 0.6) is 0 Å². The first-order valence-corrected chi connectivity index (χ1v) is 5.80. The van der Waals surface area contributed by atoms with Gasteiger partial charge in [-0.05, 0) is 38.0 Å². The number of hydrogen-bond acceptors (Lipinski definition) is 3. The van der Waals surface area contributed by atoms with Crippen molar-refractivity contribution in [1.82, 2.24) is 5.43 Å². The molecular formula is C11H24N2O. The van der Waals surface area contributed by atoms with E-state index in [-0.39, 0.29) is 0 Å². The molecule has 0 bridgehead atoms. The first-order chi connectivity index (χ1) is 6.72. The molecule has 1 fully saturated rings. The number of hydrogen-bond donors (Lipinski definition) is 2. The summed E-state index contributed by atoms with van der Waals surface area (Å²) in [5, 5.41) is 0. The summed E-state index contributed by atoms with van der Waals surface area (Å²) in [5.74, 6) is 6.23. The highest BCUT2D eigenvalue weighted by Gasteiger charge is 2.19. The summed E-state index contributed by atoms with van der Waals surface area (Å²) in [6, 6.07) is 0.415. The number of nitrogens with two attached hydrogens (primary N) is 1. The SMILES string of the molecule is CC(C)CC(CC1CCCCO1)NN. The Morgan fingerprint density at radius 3 is 2.71 bits per heavy atom. The average Bonchev–Trinajstić information content (AvgIpc) is 2.17. The summed E-state index contributed by atoms with van der Waals surface area (Å²) in [7, 11) is 0. The van der Waals surface area contributed by atoms with Crippen molar-refractivity contribution in [2.75, 3.05) is 6.61 Å². The molecule has 3 nitrogen and oxygen atoms in total. The molecule has 0 spiro atoms. The Bertz CT molecular complexity index is 144. The predicted octanol–water partition coefficient (Wildman–Crippen LogP) is 1.82. The van der Waals surface area contributed by atoms with Crippen LogP contribution in [0.4, 0.5) is 0 Å². The molecule has 2 atom stereocenters. The number of ether oxygens (including phenoxy) is 1. The third kappa shape index (κ3) is 4.40. The fourth-order valence-corrected chi connectivity index (χ4v) is 2.11. The Hall–Kier alpha value is -0.120. The molecule has 1 aliphatic heterocycles. The summed E-state index contributed by atoms with van der Waals surface area (Å²) in [4.78, 5) is 0. The molecular weight excluding hydrogens is 176 g/mol. The molecule has 0 aromatic heterocycles. The third-order valence-electron chi connectivity index (χ3n) is 2.81. The highest BCUT2D eigenvalue weighted by molar-refractivity contribution is 4.73. The van der Waals surface area contributed by atoms with E-state index < -0.39 is 0 Å². The Kier molecular flexibility index (Phi) is 5.45. The summed E-state index contributed by atoms with van der Waals surface area (Å²) >= 11 is 0. The van der Waals surface area contributed by atoms with Crippen LogP contribution >= 0.6 is 0 Å². The monoisotopic (exact) mass is 200 g/mol. The van der Waals surface area contributed by atoms with Gasteiger partial charge in [0.2, 0.25) is 0 Å². The fraction of sp³-hybridized carbons (Fsp3) is 1.00. The van der Waals surface area contributed by atoms with Gasteiger partial charge in [0.25, 0.3) is 0 Å². The van der Waals surface area contributed by atoms with Gasteiger partial charge < -0.3 is 4.74 Å². The maximum atomic E-state index is 5.70. The van der Waals surface area contributed by atoms with Crippen molar-refractivity contribution in [2.24, 2.45) is 11.8 Å². The van der Waals surface area contributed by atoms with E-state index in [0.717, 1.165) is 19.4 Å². The van der Waals surface area contributed by atoms with Crippen LogP contribution in [0.15, 0.2) is 0 Å². The van der Waals surface area contributed by atoms with Crippen LogP contribution < -0.4 is 11.3 Å². The molecule has 0 saturated carbocycles. The van der Waals surface area contributed by atoms with Crippen molar-refractivity contribution in [3.8, 4) is 0 Å². The van der Waals surface area contributed by atoms with Gasteiger partial charge in [0.05, 0.1) is 6.10 Å². The highest BCUT2D eigenvalue weighted by atomic mass is 16.5. The normalized spacial score (nSPS) is 25.3. The van der Waals surface area contributed by atoms with Gasteiger partial charge in [-0.25, -0.2) is 0 Å². The van der Waals surface area contributed by atoms with Gasteiger partial charge in [-0.2, -0.15) is 0 Å². The molecule has 1 heterocycles. The largest absolute Gasteiger partial charge is 0.378 e. The van der Waals surface area contributed by atoms with Crippen LogP contribution in [0.3, 0.4) is 0 Å². The van der Waals surface area contributed by atoms with Crippen LogP contribution in [0, 0.1) is 5.92 Å². The molecule has 3 heteroatoms. The Labute approximate surface area is 87.4 Å². The topological polar surface area (TPSA) is 47.3 Å². The second kappa shape index (κ2) is 6.38. The Balaban J connectivity index is 2.23. The molecule has 0 aromatic carbocycles. The zero-order chi connectivity index (χ0) is 10.4. The van der Waals surface area contributed by atoms with Crippen LogP contribution in [-0.2, 0) is 4.74 Å². The molecule has 3 N–H and O–H groups in total. The first kappa shape index (κ1) is 12.0. The lowest BCUT2D eigenvalue weighted by Crippen LogP contribution is -2.39. The molecule has 1 aliphatic rings. The minimum Gasteiger partial charge on any atom is -0.378 e. The molecule has 0 radical (unpaired) electrons. The van der Waals surface area contributed by atoms with E-state index in [1.54, 1.807) is 0 Å². The van der Waals surface area contributed by atoms with Gasteiger partial charge in [0.1, 0.15) is 0 Å². The van der Waals surface area contributed by atoms with Gasteiger partial charge in [-0.3, -0.25) is 11.3 Å². The van der Waals surface area contributed by atoms with Gasteiger partial charge in [-0.15, -0.1) is 0 Å².